The van der Waals surface area contributed by atoms with Crippen LogP contribution in [0.2, 0.25) is 0 Å². The second-order valence-corrected chi connectivity index (χ2v) is 8.62. The lowest BCUT2D eigenvalue weighted by atomic mass is 10.1. The molecule has 2 aromatic carbocycles. The molecule has 0 saturated heterocycles. The van der Waals surface area contributed by atoms with E-state index in [1.54, 1.807) is 39.7 Å². The molecule has 0 amide bonds. The first kappa shape index (κ1) is 21.7. The van der Waals surface area contributed by atoms with E-state index < -0.39 is 6.04 Å². The smallest absolute Gasteiger partial charge is 0.282 e. The summed E-state index contributed by atoms with van der Waals surface area (Å²) in [5.41, 5.74) is 3.58. The molecule has 6 aromatic rings. The lowest BCUT2D eigenvalue weighted by molar-refractivity contribution is 0.631. The molecule has 6 rings (SSSR count). The second-order valence-electron chi connectivity index (χ2n) is 8.62. The summed E-state index contributed by atoms with van der Waals surface area (Å²) >= 11 is 0. The molecule has 4 heterocycles. The summed E-state index contributed by atoms with van der Waals surface area (Å²) in [4.78, 5) is 25.5. The Kier molecular flexibility index (Phi) is 5.10. The van der Waals surface area contributed by atoms with Gasteiger partial charge in [-0.1, -0.05) is 36.4 Å². The fourth-order valence-electron chi connectivity index (χ4n) is 4.57. The Bertz CT molecular complexity index is 1790. The summed E-state index contributed by atoms with van der Waals surface area (Å²) in [7, 11) is 0. The third kappa shape index (κ3) is 3.44. The van der Waals surface area contributed by atoms with Crippen LogP contribution in [0.25, 0.3) is 33.4 Å². The van der Waals surface area contributed by atoms with Gasteiger partial charge in [-0.15, -0.1) is 0 Å². The van der Waals surface area contributed by atoms with Crippen LogP contribution in [0.3, 0.4) is 0 Å². The Labute approximate surface area is 205 Å². The number of anilines is 1. The van der Waals surface area contributed by atoms with Crippen LogP contribution in [-0.2, 0) is 0 Å². The number of nitrogens with one attached hydrogen (secondary N) is 2. The number of aromatic nitrogens is 6. The lowest BCUT2D eigenvalue weighted by Gasteiger charge is -2.20. The number of hydrogen-bond donors (Lipinski definition) is 2. The Morgan fingerprint density at radius 3 is 2.58 bits per heavy atom. The van der Waals surface area contributed by atoms with Crippen LogP contribution in [0, 0.1) is 12.7 Å². The molecular formula is C27H22FN7O. The van der Waals surface area contributed by atoms with Crippen molar-refractivity contribution in [2.75, 3.05) is 5.32 Å². The van der Waals surface area contributed by atoms with Crippen LogP contribution >= 0.6 is 0 Å². The molecule has 0 bridgehead atoms. The molecule has 0 spiro atoms. The van der Waals surface area contributed by atoms with Gasteiger partial charge in [0, 0.05) is 23.5 Å². The highest BCUT2D eigenvalue weighted by atomic mass is 19.1. The zero-order chi connectivity index (χ0) is 24.8. The molecule has 0 fully saturated rings. The quantitative estimate of drug-likeness (QED) is 0.361. The van der Waals surface area contributed by atoms with Gasteiger partial charge >= 0.3 is 0 Å². The van der Waals surface area contributed by atoms with Crippen molar-refractivity contribution in [1.29, 1.82) is 0 Å². The van der Waals surface area contributed by atoms with E-state index >= 15 is 0 Å². The predicted octanol–water partition coefficient (Wildman–Crippen LogP) is 5.04. The van der Waals surface area contributed by atoms with Crippen molar-refractivity contribution in [3.05, 3.63) is 107 Å². The highest BCUT2D eigenvalue weighted by Crippen LogP contribution is 2.34. The number of para-hydroxylation sites is 1. The zero-order valence-corrected chi connectivity index (χ0v) is 19.6. The van der Waals surface area contributed by atoms with Gasteiger partial charge in [0.25, 0.3) is 5.56 Å². The third-order valence-corrected chi connectivity index (χ3v) is 6.30. The second kappa shape index (κ2) is 8.46. The van der Waals surface area contributed by atoms with Gasteiger partial charge in [0.1, 0.15) is 29.1 Å². The lowest BCUT2D eigenvalue weighted by Crippen LogP contribution is -2.29. The van der Waals surface area contributed by atoms with Crippen LogP contribution in [-0.4, -0.2) is 29.1 Å². The first-order valence-corrected chi connectivity index (χ1v) is 11.5. The van der Waals surface area contributed by atoms with Crippen molar-refractivity contribution < 1.29 is 4.39 Å². The summed E-state index contributed by atoms with van der Waals surface area (Å²) in [5, 5.41) is 8.85. The molecule has 0 radical (unpaired) electrons. The number of H-pyrrole nitrogens is 1. The SMILES string of the molecule is Cc1ccn2nc([C@H](C)Nc3ncnc4[nH]cc(-c5ccccc5F)c34)n(-c3ccccc3)c(=O)c12. The number of benzene rings is 2. The highest BCUT2D eigenvalue weighted by molar-refractivity contribution is 6.01. The van der Waals surface area contributed by atoms with Crippen LogP contribution in [0.4, 0.5) is 10.2 Å². The van der Waals surface area contributed by atoms with E-state index in [9.17, 15) is 9.18 Å². The highest BCUT2D eigenvalue weighted by Gasteiger charge is 2.22. The van der Waals surface area contributed by atoms with Gasteiger partial charge in [-0.05, 0) is 43.7 Å². The molecule has 0 unspecified atom stereocenters. The summed E-state index contributed by atoms with van der Waals surface area (Å²) < 4.78 is 17.9. The Morgan fingerprint density at radius 1 is 1.00 bits per heavy atom. The van der Waals surface area contributed by atoms with Crippen molar-refractivity contribution in [3.8, 4) is 16.8 Å². The minimum atomic E-state index is -0.438. The number of fused-ring (bicyclic) bond motifs is 2. The molecule has 36 heavy (non-hydrogen) atoms. The molecule has 8 nitrogen and oxygen atoms in total. The van der Waals surface area contributed by atoms with Gasteiger partial charge in [-0.25, -0.2) is 18.9 Å². The van der Waals surface area contributed by atoms with Crippen molar-refractivity contribution >= 4 is 22.4 Å². The summed E-state index contributed by atoms with van der Waals surface area (Å²) in [6.07, 6.45) is 4.94. The van der Waals surface area contributed by atoms with E-state index in [-0.39, 0.29) is 11.4 Å². The Hall–Kier alpha value is -4.79. The minimum Gasteiger partial charge on any atom is -0.360 e. The summed E-state index contributed by atoms with van der Waals surface area (Å²) in [5.74, 6) is 0.669. The van der Waals surface area contributed by atoms with Gasteiger partial charge in [-0.2, -0.15) is 5.10 Å². The standard InChI is InChI=1S/C27H22FN7O/c1-16-12-13-34-23(16)27(36)35(18-8-4-3-5-9-18)26(33-34)17(2)32-25-22-20(14-29-24(22)30-15-31-25)19-10-6-7-11-21(19)28/h3-15,17H,1-2H3,(H2,29,30,31,32)/t17-/m0/s1. The van der Waals surface area contributed by atoms with Crippen molar-refractivity contribution in [3.63, 3.8) is 0 Å². The van der Waals surface area contributed by atoms with Crippen LogP contribution in [0.1, 0.15) is 24.4 Å². The average Bonchev–Trinajstić information content (AvgIpc) is 3.49. The number of rotatable bonds is 5. The molecule has 1 atom stereocenters. The van der Waals surface area contributed by atoms with Crippen molar-refractivity contribution in [1.82, 2.24) is 29.1 Å². The third-order valence-electron chi connectivity index (χ3n) is 6.30. The monoisotopic (exact) mass is 479 g/mol. The minimum absolute atomic E-state index is 0.163. The largest absolute Gasteiger partial charge is 0.360 e. The molecule has 0 aliphatic carbocycles. The number of aryl methyl sites for hydroxylation is 1. The molecule has 0 saturated carbocycles. The van der Waals surface area contributed by atoms with E-state index in [1.807, 2.05) is 50.2 Å². The fourth-order valence-corrected chi connectivity index (χ4v) is 4.57. The maximum Gasteiger partial charge on any atom is 0.282 e. The van der Waals surface area contributed by atoms with Crippen LogP contribution in [0.15, 0.2) is 84.2 Å². The van der Waals surface area contributed by atoms with Crippen molar-refractivity contribution in [2.24, 2.45) is 0 Å². The number of halogens is 1. The molecule has 0 aliphatic heterocycles. The number of nitrogens with zero attached hydrogens (tertiary/aromatic N) is 5. The van der Waals surface area contributed by atoms with E-state index in [4.69, 9.17) is 5.10 Å². The van der Waals surface area contributed by atoms with Crippen molar-refractivity contribution in [2.45, 2.75) is 19.9 Å². The number of hydrogen-bond acceptors (Lipinski definition) is 5. The summed E-state index contributed by atoms with van der Waals surface area (Å²) in [6, 6.07) is 17.4. The van der Waals surface area contributed by atoms with Crippen LogP contribution < -0.4 is 10.9 Å². The predicted molar refractivity (Wildman–Crippen MR) is 137 cm³/mol. The molecule has 4 aromatic heterocycles. The van der Waals surface area contributed by atoms with Gasteiger partial charge < -0.3 is 10.3 Å². The maximum absolute atomic E-state index is 14.6. The van der Waals surface area contributed by atoms with E-state index in [0.717, 1.165) is 5.56 Å². The van der Waals surface area contributed by atoms with E-state index in [2.05, 4.69) is 20.3 Å². The van der Waals surface area contributed by atoms with Gasteiger partial charge in [-0.3, -0.25) is 9.36 Å². The van der Waals surface area contributed by atoms with Crippen LogP contribution in [0.5, 0.6) is 0 Å². The molecule has 178 valence electrons. The maximum atomic E-state index is 14.6. The van der Waals surface area contributed by atoms with Gasteiger partial charge in [0.2, 0.25) is 0 Å². The molecule has 0 aliphatic rings. The molecule has 9 heteroatoms. The van der Waals surface area contributed by atoms with E-state index in [0.29, 0.717) is 45.0 Å². The average molecular weight is 480 g/mol. The number of aromatic amines is 1. The Balaban J connectivity index is 1.51. The van der Waals surface area contributed by atoms with Gasteiger partial charge in [0.15, 0.2) is 5.82 Å². The summed E-state index contributed by atoms with van der Waals surface area (Å²) in [6.45, 7) is 3.80. The van der Waals surface area contributed by atoms with E-state index in [1.165, 1.54) is 12.4 Å². The topological polar surface area (TPSA) is 92.9 Å². The first-order valence-electron chi connectivity index (χ1n) is 11.5. The Morgan fingerprint density at radius 2 is 1.78 bits per heavy atom. The molecular weight excluding hydrogens is 457 g/mol. The first-order chi connectivity index (χ1) is 17.5. The van der Waals surface area contributed by atoms with Gasteiger partial charge in [0.05, 0.1) is 17.1 Å². The fraction of sp³-hybridized carbons (Fsp3) is 0.111. The normalized spacial score (nSPS) is 12.3. The molecule has 2 N–H and O–H groups in total. The zero-order valence-electron chi connectivity index (χ0n) is 19.6.